The molecule has 0 aliphatic carbocycles. The lowest BCUT2D eigenvalue weighted by Gasteiger charge is -2.30. The van der Waals surface area contributed by atoms with Crippen LogP contribution in [0.3, 0.4) is 0 Å². The Labute approximate surface area is 149 Å². The molecule has 2 saturated heterocycles. The molecule has 1 aromatic heterocycles. The maximum atomic E-state index is 9.84. The normalized spacial score (nSPS) is 25.6. The molecule has 1 aromatic carbocycles. The van der Waals surface area contributed by atoms with Gasteiger partial charge < -0.3 is 9.84 Å². The van der Waals surface area contributed by atoms with Crippen molar-refractivity contribution in [1.82, 2.24) is 14.8 Å². The molecule has 0 saturated carbocycles. The molecule has 2 aliphatic rings. The third-order valence-electron chi connectivity index (χ3n) is 5.62. The van der Waals surface area contributed by atoms with E-state index in [1.807, 2.05) is 12.3 Å². The molecule has 3 heterocycles. The van der Waals surface area contributed by atoms with Crippen molar-refractivity contribution in [3.63, 3.8) is 0 Å². The first-order chi connectivity index (χ1) is 12.3. The van der Waals surface area contributed by atoms with Gasteiger partial charge in [0.15, 0.2) is 0 Å². The van der Waals surface area contributed by atoms with Gasteiger partial charge in [-0.3, -0.25) is 14.8 Å². The van der Waals surface area contributed by atoms with Crippen LogP contribution in [-0.2, 0) is 11.3 Å². The van der Waals surface area contributed by atoms with Crippen molar-refractivity contribution in [3.05, 3.63) is 42.1 Å². The van der Waals surface area contributed by atoms with Gasteiger partial charge in [-0.2, -0.15) is 0 Å². The topological polar surface area (TPSA) is 48.8 Å². The van der Waals surface area contributed by atoms with Gasteiger partial charge in [-0.05, 0) is 29.5 Å². The highest BCUT2D eigenvalue weighted by atomic mass is 16.5. The number of aromatic nitrogens is 1. The van der Waals surface area contributed by atoms with E-state index in [2.05, 4.69) is 39.0 Å². The maximum Gasteiger partial charge on any atom is 0.0705 e. The summed E-state index contributed by atoms with van der Waals surface area (Å²) in [5.41, 5.74) is 2.39. The Bertz CT molecular complexity index is 697. The highest BCUT2D eigenvalue weighted by Crippen LogP contribution is 2.27. The van der Waals surface area contributed by atoms with Crippen molar-refractivity contribution in [2.45, 2.75) is 6.54 Å². The van der Waals surface area contributed by atoms with E-state index >= 15 is 0 Å². The van der Waals surface area contributed by atoms with Crippen LogP contribution in [0, 0.1) is 11.8 Å². The van der Waals surface area contributed by atoms with Gasteiger partial charge in [0.1, 0.15) is 0 Å². The van der Waals surface area contributed by atoms with Crippen LogP contribution < -0.4 is 0 Å². The summed E-state index contributed by atoms with van der Waals surface area (Å²) >= 11 is 0. The van der Waals surface area contributed by atoms with E-state index in [-0.39, 0.29) is 6.61 Å². The lowest BCUT2D eigenvalue weighted by atomic mass is 9.96. The highest BCUT2D eigenvalue weighted by molar-refractivity contribution is 5.81. The van der Waals surface area contributed by atoms with Crippen LogP contribution in [0.4, 0.5) is 0 Å². The molecule has 4 rings (SSSR count). The number of hydrogen-bond acceptors (Lipinski definition) is 5. The molecule has 0 amide bonds. The molecular weight excluding hydrogens is 314 g/mol. The fraction of sp³-hybridized carbons (Fsp3) is 0.550. The maximum absolute atomic E-state index is 9.84. The van der Waals surface area contributed by atoms with E-state index < -0.39 is 0 Å². The lowest BCUT2D eigenvalue weighted by molar-refractivity contribution is 0.0264. The van der Waals surface area contributed by atoms with Gasteiger partial charge in [-0.1, -0.05) is 18.2 Å². The van der Waals surface area contributed by atoms with Crippen molar-refractivity contribution in [2.75, 3.05) is 52.5 Å². The number of nitrogens with zero attached hydrogens (tertiary/aromatic N) is 3. The van der Waals surface area contributed by atoms with Crippen molar-refractivity contribution in [3.8, 4) is 0 Å². The molecule has 2 fully saturated rings. The standard InChI is InChI=1S/C20H27N3O2/c24-15-18-14-23(13-17(18)12-22-7-9-25-10-8-22)11-16-5-6-21-20-4-2-1-3-19(16)20/h1-6,17-18,24H,7-15H2/t17-,18-/m1/s1. The number of fused-ring (bicyclic) bond motifs is 1. The number of ether oxygens (including phenoxy) is 1. The minimum atomic E-state index is 0.280. The average molecular weight is 341 g/mol. The number of para-hydroxylation sites is 1. The van der Waals surface area contributed by atoms with Crippen LogP contribution in [-0.4, -0.2) is 72.4 Å². The Kier molecular flexibility index (Phi) is 5.27. The second kappa shape index (κ2) is 7.79. The molecule has 134 valence electrons. The zero-order chi connectivity index (χ0) is 17.1. The summed E-state index contributed by atoms with van der Waals surface area (Å²) in [4.78, 5) is 9.44. The monoisotopic (exact) mass is 341 g/mol. The van der Waals surface area contributed by atoms with E-state index in [1.54, 1.807) is 0 Å². The van der Waals surface area contributed by atoms with Crippen LogP contribution in [0.1, 0.15) is 5.56 Å². The van der Waals surface area contributed by atoms with Crippen LogP contribution in [0.15, 0.2) is 36.5 Å². The Hall–Kier alpha value is -1.53. The molecule has 1 N–H and O–H groups in total. The molecule has 25 heavy (non-hydrogen) atoms. The van der Waals surface area contributed by atoms with Crippen molar-refractivity contribution >= 4 is 10.9 Å². The Morgan fingerprint density at radius 3 is 2.68 bits per heavy atom. The number of aliphatic hydroxyl groups is 1. The van der Waals surface area contributed by atoms with Gasteiger partial charge in [0.05, 0.1) is 18.7 Å². The number of pyridine rings is 1. The summed E-state index contributed by atoms with van der Waals surface area (Å²) in [6.45, 7) is 8.02. The van der Waals surface area contributed by atoms with Crippen LogP contribution in [0.2, 0.25) is 0 Å². The fourth-order valence-electron chi connectivity index (χ4n) is 4.23. The number of likely N-dealkylation sites (tertiary alicyclic amines) is 1. The summed E-state index contributed by atoms with van der Waals surface area (Å²) < 4.78 is 5.45. The van der Waals surface area contributed by atoms with Gasteiger partial charge in [0.25, 0.3) is 0 Å². The molecular formula is C20H27N3O2. The van der Waals surface area contributed by atoms with E-state index in [9.17, 15) is 5.11 Å². The number of hydrogen-bond donors (Lipinski definition) is 1. The zero-order valence-electron chi connectivity index (χ0n) is 14.7. The minimum Gasteiger partial charge on any atom is -0.396 e. The fourth-order valence-corrected chi connectivity index (χ4v) is 4.23. The van der Waals surface area contributed by atoms with E-state index in [1.165, 1.54) is 10.9 Å². The molecule has 0 radical (unpaired) electrons. The highest BCUT2D eigenvalue weighted by Gasteiger charge is 2.33. The predicted molar refractivity (Wildman–Crippen MR) is 98.3 cm³/mol. The van der Waals surface area contributed by atoms with E-state index in [0.29, 0.717) is 11.8 Å². The van der Waals surface area contributed by atoms with Crippen molar-refractivity contribution in [2.24, 2.45) is 11.8 Å². The lowest BCUT2D eigenvalue weighted by Crippen LogP contribution is -2.41. The molecule has 0 bridgehead atoms. The third kappa shape index (κ3) is 3.85. The molecule has 5 nitrogen and oxygen atoms in total. The number of morpholine rings is 1. The average Bonchev–Trinajstić information content (AvgIpc) is 3.04. The zero-order valence-corrected chi connectivity index (χ0v) is 14.7. The summed E-state index contributed by atoms with van der Waals surface area (Å²) in [5.74, 6) is 0.909. The first kappa shape index (κ1) is 16.9. The Morgan fingerprint density at radius 1 is 1.04 bits per heavy atom. The van der Waals surface area contributed by atoms with Crippen LogP contribution in [0.25, 0.3) is 10.9 Å². The SMILES string of the molecule is OC[C@H]1CN(Cc2ccnc3ccccc23)C[C@H]1CN1CCOCC1. The number of aliphatic hydroxyl groups excluding tert-OH is 1. The molecule has 0 unspecified atom stereocenters. The molecule has 5 heteroatoms. The largest absolute Gasteiger partial charge is 0.396 e. The van der Waals surface area contributed by atoms with Gasteiger partial charge in [-0.15, -0.1) is 0 Å². The summed E-state index contributed by atoms with van der Waals surface area (Å²) in [6, 6.07) is 10.5. The third-order valence-corrected chi connectivity index (χ3v) is 5.62. The van der Waals surface area contributed by atoms with Crippen LogP contribution >= 0.6 is 0 Å². The number of benzene rings is 1. The minimum absolute atomic E-state index is 0.280. The first-order valence-electron chi connectivity index (χ1n) is 9.29. The number of rotatable bonds is 5. The molecule has 2 atom stereocenters. The van der Waals surface area contributed by atoms with Gasteiger partial charge in [-0.25, -0.2) is 0 Å². The summed E-state index contributed by atoms with van der Waals surface area (Å²) in [6.07, 6.45) is 1.91. The Morgan fingerprint density at radius 2 is 1.84 bits per heavy atom. The van der Waals surface area contributed by atoms with E-state index in [0.717, 1.165) is 58.0 Å². The van der Waals surface area contributed by atoms with Crippen molar-refractivity contribution < 1.29 is 9.84 Å². The second-order valence-corrected chi connectivity index (χ2v) is 7.30. The molecule has 2 aromatic rings. The molecule has 0 spiro atoms. The van der Waals surface area contributed by atoms with Crippen molar-refractivity contribution in [1.29, 1.82) is 0 Å². The van der Waals surface area contributed by atoms with Gasteiger partial charge in [0.2, 0.25) is 0 Å². The smallest absolute Gasteiger partial charge is 0.0705 e. The quantitative estimate of drug-likeness (QED) is 0.895. The van der Waals surface area contributed by atoms with Gasteiger partial charge >= 0.3 is 0 Å². The van der Waals surface area contributed by atoms with Crippen LogP contribution in [0.5, 0.6) is 0 Å². The van der Waals surface area contributed by atoms with E-state index in [4.69, 9.17) is 4.74 Å². The van der Waals surface area contributed by atoms with Gasteiger partial charge in [0, 0.05) is 57.5 Å². The Balaban J connectivity index is 1.44. The summed E-state index contributed by atoms with van der Waals surface area (Å²) in [5, 5.41) is 11.1. The predicted octanol–water partition coefficient (Wildman–Crippen LogP) is 1.61. The first-order valence-corrected chi connectivity index (χ1v) is 9.29. The molecule has 2 aliphatic heterocycles. The second-order valence-electron chi connectivity index (χ2n) is 7.30. The summed E-state index contributed by atoms with van der Waals surface area (Å²) in [7, 11) is 0.